The topological polar surface area (TPSA) is 55.4 Å². The number of nitrogens with one attached hydrogen (secondary N) is 1. The van der Waals surface area contributed by atoms with Crippen molar-refractivity contribution in [2.45, 2.75) is 41.1 Å². The van der Waals surface area contributed by atoms with Crippen molar-refractivity contribution in [1.29, 1.82) is 0 Å². The fraction of sp³-hybridized carbons (Fsp3) is 0.133. The molecule has 0 unspecified atom stereocenters. The molecule has 0 aliphatic carbocycles. The molecule has 4 rings (SSSR count). The van der Waals surface area contributed by atoms with Gasteiger partial charge < -0.3 is 10.1 Å². The minimum Gasteiger partial charge on any atom is -0.451 e. The molecule has 1 amide bonds. The largest absolute Gasteiger partial charge is 0.451 e. The summed E-state index contributed by atoms with van der Waals surface area (Å²) in [6.45, 7) is 5.16. The molecule has 0 fully saturated rings. The van der Waals surface area contributed by atoms with Gasteiger partial charge in [0.1, 0.15) is 5.60 Å². The zero-order chi connectivity index (χ0) is 25.7. The Morgan fingerprint density at radius 3 is 1.83 bits per heavy atom. The van der Waals surface area contributed by atoms with Gasteiger partial charge in [0.2, 0.25) is 5.91 Å². The van der Waals surface area contributed by atoms with Crippen LogP contribution in [-0.2, 0) is 26.0 Å². The Morgan fingerprint density at radius 1 is 0.778 bits per heavy atom. The minimum absolute atomic E-state index is 0.243. The van der Waals surface area contributed by atoms with Crippen LogP contribution in [0.2, 0.25) is 0 Å². The number of benzene rings is 4. The minimum atomic E-state index is -0.873. The van der Waals surface area contributed by atoms with E-state index in [1.807, 2.05) is 44.2 Å². The van der Waals surface area contributed by atoms with Crippen LogP contribution in [-0.4, -0.2) is 11.9 Å². The first kappa shape index (κ1) is 26.0. The molecule has 182 valence electrons. The number of hydrogen-bond donors (Lipinski definition) is 1. The van der Waals surface area contributed by atoms with Gasteiger partial charge in [-0.1, -0.05) is 48.5 Å². The first-order valence-corrected chi connectivity index (χ1v) is 13.8. The van der Waals surface area contributed by atoms with E-state index in [2.05, 4.69) is 88.6 Å². The standard InChI is InChI=1S/C30H26INO3S/c1-21(33)32-28-19-16-23(31)20-27(28)29(34)35-30(2,3)22-14-17-26(18-15-22)36(24-10-6-4-7-11-24)25-12-8-5-9-13-25/h4-20H,1-3H3/p+1. The molecule has 4 aromatic carbocycles. The predicted molar refractivity (Wildman–Crippen MR) is 153 cm³/mol. The van der Waals surface area contributed by atoms with Crippen molar-refractivity contribution < 1.29 is 14.3 Å². The number of rotatable bonds is 7. The van der Waals surface area contributed by atoms with E-state index in [4.69, 9.17) is 4.74 Å². The number of esters is 1. The molecule has 0 saturated carbocycles. The summed E-state index contributed by atoms with van der Waals surface area (Å²) in [4.78, 5) is 28.4. The number of halogens is 1. The van der Waals surface area contributed by atoms with Gasteiger partial charge in [0.05, 0.1) is 22.1 Å². The molecule has 4 nitrogen and oxygen atoms in total. The van der Waals surface area contributed by atoms with Crippen LogP contribution in [0.3, 0.4) is 0 Å². The van der Waals surface area contributed by atoms with Crippen molar-refractivity contribution in [3.63, 3.8) is 0 Å². The van der Waals surface area contributed by atoms with Crippen molar-refractivity contribution in [2.24, 2.45) is 0 Å². The number of hydrogen-bond acceptors (Lipinski definition) is 3. The van der Waals surface area contributed by atoms with Gasteiger partial charge in [0, 0.05) is 10.5 Å². The summed E-state index contributed by atoms with van der Waals surface area (Å²) >= 11 is 2.14. The highest BCUT2D eigenvalue weighted by Crippen LogP contribution is 2.34. The maximum atomic E-state index is 13.2. The van der Waals surface area contributed by atoms with E-state index in [1.165, 1.54) is 21.6 Å². The Morgan fingerprint density at radius 2 is 1.31 bits per heavy atom. The highest BCUT2D eigenvalue weighted by atomic mass is 127. The van der Waals surface area contributed by atoms with E-state index in [0.29, 0.717) is 11.3 Å². The molecule has 0 spiro atoms. The molecular formula is C30H27INO3S+. The second kappa shape index (κ2) is 11.3. The molecule has 0 heterocycles. The quantitative estimate of drug-likeness (QED) is 0.135. The normalized spacial score (nSPS) is 11.2. The Hall–Kier alpha value is -3.10. The van der Waals surface area contributed by atoms with Gasteiger partial charge in [-0.2, -0.15) is 0 Å². The van der Waals surface area contributed by atoms with E-state index in [1.54, 1.807) is 12.1 Å². The summed E-state index contributed by atoms with van der Waals surface area (Å²) in [5.74, 6) is -0.730. The fourth-order valence-corrected chi connectivity index (χ4v) is 6.42. The molecule has 0 aromatic heterocycles. The summed E-state index contributed by atoms with van der Waals surface area (Å²) < 4.78 is 6.84. The number of carbonyl (C=O) groups is 2. The van der Waals surface area contributed by atoms with Crippen LogP contribution in [0.4, 0.5) is 5.69 Å². The Bertz CT molecular complexity index is 1320. The van der Waals surface area contributed by atoms with Crippen molar-refractivity contribution in [1.82, 2.24) is 0 Å². The van der Waals surface area contributed by atoms with Crippen molar-refractivity contribution in [3.05, 3.63) is 118 Å². The maximum Gasteiger partial charge on any atom is 0.341 e. The average Bonchev–Trinajstić information content (AvgIpc) is 2.86. The van der Waals surface area contributed by atoms with Gasteiger partial charge in [0.25, 0.3) is 0 Å². The molecule has 0 atom stereocenters. The molecule has 1 N–H and O–H groups in total. The monoisotopic (exact) mass is 608 g/mol. The number of amides is 1. The summed E-state index contributed by atoms with van der Waals surface area (Å²) in [5, 5.41) is 2.72. The van der Waals surface area contributed by atoms with Crippen molar-refractivity contribution in [2.75, 3.05) is 5.32 Å². The lowest BCUT2D eigenvalue weighted by Crippen LogP contribution is -2.26. The lowest BCUT2D eigenvalue weighted by atomic mass is 9.98. The Balaban J connectivity index is 1.61. The van der Waals surface area contributed by atoms with Crippen LogP contribution < -0.4 is 5.32 Å². The van der Waals surface area contributed by atoms with E-state index < -0.39 is 11.6 Å². The van der Waals surface area contributed by atoms with Crippen molar-refractivity contribution >= 4 is 51.0 Å². The van der Waals surface area contributed by atoms with Crippen molar-refractivity contribution in [3.8, 4) is 0 Å². The SMILES string of the molecule is CC(=O)Nc1ccc(I)cc1C(=O)OC(C)(C)c1ccc([S+](c2ccccc2)c2ccccc2)cc1. The summed E-state index contributed by atoms with van der Waals surface area (Å²) in [5.41, 5.74) is 0.781. The lowest BCUT2D eigenvalue weighted by Gasteiger charge is -2.26. The number of ether oxygens (including phenoxy) is 1. The predicted octanol–water partition coefficient (Wildman–Crippen LogP) is 7.44. The van der Waals surface area contributed by atoms with Gasteiger partial charge >= 0.3 is 5.97 Å². The van der Waals surface area contributed by atoms with Gasteiger partial charge in [-0.05, 0) is 96.6 Å². The van der Waals surface area contributed by atoms with Crippen LogP contribution in [0, 0.1) is 3.57 Å². The van der Waals surface area contributed by atoms with E-state index in [-0.39, 0.29) is 16.8 Å². The maximum absolute atomic E-state index is 13.2. The molecule has 4 aromatic rings. The molecule has 0 bridgehead atoms. The molecule has 0 radical (unpaired) electrons. The van der Waals surface area contributed by atoms with E-state index in [9.17, 15) is 9.59 Å². The number of carbonyl (C=O) groups excluding carboxylic acids is 2. The summed E-state index contributed by atoms with van der Waals surface area (Å²) in [7, 11) is -0.250. The zero-order valence-electron chi connectivity index (χ0n) is 20.3. The fourth-order valence-electron chi connectivity index (χ4n) is 3.84. The van der Waals surface area contributed by atoms with Crippen LogP contribution in [0.1, 0.15) is 36.7 Å². The van der Waals surface area contributed by atoms with E-state index in [0.717, 1.165) is 9.13 Å². The average molecular weight is 609 g/mol. The number of anilines is 1. The van der Waals surface area contributed by atoms with Gasteiger partial charge in [0.15, 0.2) is 14.7 Å². The van der Waals surface area contributed by atoms with Gasteiger partial charge in [-0.25, -0.2) is 4.79 Å². The smallest absolute Gasteiger partial charge is 0.341 e. The third-order valence-electron chi connectivity index (χ3n) is 5.60. The van der Waals surface area contributed by atoms with Crippen LogP contribution in [0.25, 0.3) is 0 Å². The second-order valence-corrected chi connectivity index (χ2v) is 12.0. The Kier molecular flexibility index (Phi) is 8.16. The highest BCUT2D eigenvalue weighted by Gasteiger charge is 2.31. The molecule has 36 heavy (non-hydrogen) atoms. The molecule has 0 aliphatic heterocycles. The zero-order valence-corrected chi connectivity index (χ0v) is 23.3. The second-order valence-electron chi connectivity index (χ2n) is 8.73. The summed E-state index contributed by atoms with van der Waals surface area (Å²) in [6.07, 6.45) is 0. The highest BCUT2D eigenvalue weighted by molar-refractivity contribution is 14.1. The van der Waals surface area contributed by atoms with E-state index >= 15 is 0 Å². The van der Waals surface area contributed by atoms with Gasteiger partial charge in [-0.15, -0.1) is 0 Å². The molecular weight excluding hydrogens is 581 g/mol. The Labute approximate surface area is 228 Å². The van der Waals surface area contributed by atoms with Crippen LogP contribution in [0.15, 0.2) is 118 Å². The molecule has 0 saturated heterocycles. The third kappa shape index (κ3) is 6.17. The first-order valence-electron chi connectivity index (χ1n) is 11.5. The lowest BCUT2D eigenvalue weighted by molar-refractivity contribution is -0.114. The third-order valence-corrected chi connectivity index (χ3v) is 8.50. The van der Waals surface area contributed by atoms with Crippen LogP contribution in [0.5, 0.6) is 0 Å². The molecule has 0 aliphatic rings. The molecule has 6 heteroatoms. The first-order chi connectivity index (χ1) is 17.2. The van der Waals surface area contributed by atoms with Gasteiger partial charge in [-0.3, -0.25) is 4.79 Å². The van der Waals surface area contributed by atoms with Crippen LogP contribution >= 0.6 is 22.6 Å². The summed E-state index contributed by atoms with van der Waals surface area (Å²) in [6, 6.07) is 34.5.